The number of anilines is 1. The molecule has 0 aliphatic carbocycles. The van der Waals surface area contributed by atoms with Crippen LogP contribution in [0.3, 0.4) is 0 Å². The normalized spacial score (nSPS) is 22.1. The Morgan fingerprint density at radius 1 is 1.47 bits per heavy atom. The fraction of sp³-hybridized carbons (Fsp3) is 0.556. The molecule has 0 saturated carbocycles. The first-order valence-electron chi connectivity index (χ1n) is 5.11. The van der Waals surface area contributed by atoms with Crippen molar-refractivity contribution in [3.63, 3.8) is 0 Å². The zero-order valence-corrected chi connectivity index (χ0v) is 9.83. The summed E-state index contributed by atoms with van der Waals surface area (Å²) in [7, 11) is -3.12. The quantitative estimate of drug-likeness (QED) is 0.658. The second kappa shape index (κ2) is 3.73. The van der Waals surface area contributed by atoms with E-state index in [4.69, 9.17) is 5.73 Å². The first-order chi connectivity index (χ1) is 7.86. The van der Waals surface area contributed by atoms with Gasteiger partial charge in [-0.2, -0.15) is 5.10 Å². The summed E-state index contributed by atoms with van der Waals surface area (Å²) in [5, 5.41) is 15.6. The summed E-state index contributed by atoms with van der Waals surface area (Å²) in [5.41, 5.74) is 4.60. The molecular formula is C9H13N3O4S. The molecule has 1 fully saturated rings. The minimum atomic E-state index is -3.12. The molecule has 0 amide bonds. The number of rotatable bonds is 2. The first-order valence-corrected chi connectivity index (χ1v) is 6.93. The van der Waals surface area contributed by atoms with Gasteiger partial charge in [-0.3, -0.25) is 9.89 Å². The second-order valence-corrected chi connectivity index (χ2v) is 6.55. The van der Waals surface area contributed by atoms with Gasteiger partial charge in [0.25, 0.3) is 0 Å². The molecule has 7 nitrogen and oxygen atoms in total. The molecule has 0 spiro atoms. The van der Waals surface area contributed by atoms with Crippen LogP contribution in [0.15, 0.2) is 6.07 Å². The molecule has 1 saturated heterocycles. The van der Waals surface area contributed by atoms with Crippen molar-refractivity contribution >= 4 is 21.6 Å². The fourth-order valence-corrected chi connectivity index (χ4v) is 3.59. The lowest BCUT2D eigenvalue weighted by atomic mass is 9.79. The number of H-pyrrole nitrogens is 1. The van der Waals surface area contributed by atoms with E-state index < -0.39 is 21.2 Å². The van der Waals surface area contributed by atoms with Gasteiger partial charge in [-0.25, -0.2) is 8.42 Å². The molecule has 2 heterocycles. The SMILES string of the molecule is Nc1cc(C2(C(=O)O)CCS(=O)(=O)CC2)[nH]n1. The molecule has 1 aromatic rings. The molecule has 1 aromatic heterocycles. The van der Waals surface area contributed by atoms with Crippen molar-refractivity contribution in [2.45, 2.75) is 18.3 Å². The van der Waals surface area contributed by atoms with E-state index >= 15 is 0 Å². The molecule has 0 radical (unpaired) electrons. The van der Waals surface area contributed by atoms with Gasteiger partial charge in [0.15, 0.2) is 0 Å². The Balaban J connectivity index is 2.39. The third kappa shape index (κ3) is 1.99. The minimum absolute atomic E-state index is 0.0479. The summed E-state index contributed by atoms with van der Waals surface area (Å²) in [6.07, 6.45) is 0.0958. The van der Waals surface area contributed by atoms with Crippen molar-refractivity contribution in [2.75, 3.05) is 17.2 Å². The van der Waals surface area contributed by atoms with E-state index in [-0.39, 0.29) is 30.2 Å². The number of hydrogen-bond acceptors (Lipinski definition) is 5. The van der Waals surface area contributed by atoms with Crippen LogP contribution in [0.1, 0.15) is 18.5 Å². The van der Waals surface area contributed by atoms with Gasteiger partial charge in [-0.1, -0.05) is 0 Å². The number of carbonyl (C=O) groups is 1. The molecule has 1 aliphatic rings. The van der Waals surface area contributed by atoms with E-state index in [9.17, 15) is 18.3 Å². The lowest BCUT2D eigenvalue weighted by molar-refractivity contribution is -0.144. The Bertz CT molecular complexity index is 534. The summed E-state index contributed by atoms with van der Waals surface area (Å²) >= 11 is 0. The number of sulfone groups is 1. The number of carboxylic acid groups (broad SMARTS) is 1. The van der Waals surface area contributed by atoms with E-state index in [1.807, 2.05) is 0 Å². The Morgan fingerprint density at radius 2 is 2.06 bits per heavy atom. The fourth-order valence-electron chi connectivity index (χ4n) is 2.07. The van der Waals surface area contributed by atoms with Gasteiger partial charge < -0.3 is 10.8 Å². The number of hydrogen-bond donors (Lipinski definition) is 3. The van der Waals surface area contributed by atoms with E-state index in [1.54, 1.807) is 0 Å². The van der Waals surface area contributed by atoms with Crippen LogP contribution in [0.25, 0.3) is 0 Å². The van der Waals surface area contributed by atoms with Crippen LogP contribution < -0.4 is 5.73 Å². The van der Waals surface area contributed by atoms with Crippen LogP contribution in [-0.4, -0.2) is 41.2 Å². The number of nitrogens with two attached hydrogens (primary N) is 1. The van der Waals surface area contributed by atoms with Crippen molar-refractivity contribution in [2.24, 2.45) is 0 Å². The van der Waals surface area contributed by atoms with Gasteiger partial charge in [0.2, 0.25) is 0 Å². The maximum absolute atomic E-state index is 11.4. The molecule has 0 bridgehead atoms. The van der Waals surface area contributed by atoms with Crippen molar-refractivity contribution in [3.05, 3.63) is 11.8 Å². The van der Waals surface area contributed by atoms with Gasteiger partial charge in [-0.05, 0) is 12.8 Å². The molecule has 0 unspecified atom stereocenters. The van der Waals surface area contributed by atoms with Crippen molar-refractivity contribution in [1.82, 2.24) is 10.2 Å². The summed E-state index contributed by atoms with van der Waals surface area (Å²) in [4.78, 5) is 11.4. The van der Waals surface area contributed by atoms with E-state index in [0.29, 0.717) is 5.69 Å². The Hall–Kier alpha value is -1.57. The second-order valence-electron chi connectivity index (χ2n) is 4.25. The molecule has 0 atom stereocenters. The minimum Gasteiger partial charge on any atom is -0.481 e. The first kappa shape index (κ1) is 11.9. The Labute approximate surface area is 97.9 Å². The molecule has 1 aliphatic heterocycles. The standard InChI is InChI=1S/C9H13N3O4S/c10-7-5-6(11-12-7)9(8(13)14)1-3-17(15,16)4-2-9/h5H,1-4H2,(H,13,14)(H3,10,11,12). The van der Waals surface area contributed by atoms with Gasteiger partial charge in [-0.15, -0.1) is 0 Å². The van der Waals surface area contributed by atoms with E-state index in [2.05, 4.69) is 10.2 Å². The number of nitrogens with zero attached hydrogens (tertiary/aromatic N) is 1. The third-order valence-electron chi connectivity index (χ3n) is 3.20. The zero-order valence-electron chi connectivity index (χ0n) is 9.01. The van der Waals surface area contributed by atoms with Crippen LogP contribution in [0.2, 0.25) is 0 Å². The van der Waals surface area contributed by atoms with Crippen molar-refractivity contribution in [1.29, 1.82) is 0 Å². The third-order valence-corrected chi connectivity index (χ3v) is 4.85. The number of nitrogens with one attached hydrogen (secondary N) is 1. The number of aromatic amines is 1. The molecule has 8 heteroatoms. The van der Waals surface area contributed by atoms with Gasteiger partial charge in [0, 0.05) is 6.07 Å². The predicted molar refractivity (Wildman–Crippen MR) is 60.2 cm³/mol. The van der Waals surface area contributed by atoms with Crippen LogP contribution in [0.5, 0.6) is 0 Å². The lowest BCUT2D eigenvalue weighted by Gasteiger charge is -2.31. The van der Waals surface area contributed by atoms with Gasteiger partial charge in [0.1, 0.15) is 21.1 Å². The molecular weight excluding hydrogens is 246 g/mol. The average molecular weight is 259 g/mol. The highest BCUT2D eigenvalue weighted by atomic mass is 32.2. The molecule has 4 N–H and O–H groups in total. The number of aliphatic carboxylic acids is 1. The van der Waals surface area contributed by atoms with Crippen LogP contribution in [0, 0.1) is 0 Å². The predicted octanol–water partition coefficient (Wildman–Crippen LogP) is -0.477. The summed E-state index contributed by atoms with van der Waals surface area (Å²) in [6.45, 7) is 0. The maximum Gasteiger partial charge on any atom is 0.315 e. The number of carboxylic acids is 1. The smallest absolute Gasteiger partial charge is 0.315 e. The summed E-state index contributed by atoms with van der Waals surface area (Å²) < 4.78 is 22.7. The molecule has 94 valence electrons. The Morgan fingerprint density at radius 3 is 2.47 bits per heavy atom. The van der Waals surface area contributed by atoms with E-state index in [0.717, 1.165) is 0 Å². The summed E-state index contributed by atoms with van der Waals surface area (Å²) in [6, 6.07) is 1.45. The summed E-state index contributed by atoms with van der Waals surface area (Å²) in [5.74, 6) is -1.10. The number of nitrogen functional groups attached to an aromatic ring is 1. The topological polar surface area (TPSA) is 126 Å². The highest BCUT2D eigenvalue weighted by Gasteiger charge is 2.46. The van der Waals surface area contributed by atoms with E-state index in [1.165, 1.54) is 6.07 Å². The molecule has 17 heavy (non-hydrogen) atoms. The molecule has 2 rings (SSSR count). The zero-order chi connectivity index (χ0) is 12.7. The maximum atomic E-state index is 11.4. The highest BCUT2D eigenvalue weighted by molar-refractivity contribution is 7.91. The van der Waals surface area contributed by atoms with Crippen molar-refractivity contribution in [3.8, 4) is 0 Å². The molecule has 0 aromatic carbocycles. The monoisotopic (exact) mass is 259 g/mol. The Kier molecular flexibility index (Phi) is 2.61. The van der Waals surface area contributed by atoms with Crippen molar-refractivity contribution < 1.29 is 18.3 Å². The lowest BCUT2D eigenvalue weighted by Crippen LogP contribution is -2.43. The van der Waals surface area contributed by atoms with Crippen LogP contribution >= 0.6 is 0 Å². The largest absolute Gasteiger partial charge is 0.481 e. The van der Waals surface area contributed by atoms with Gasteiger partial charge >= 0.3 is 5.97 Å². The van der Waals surface area contributed by atoms with Crippen LogP contribution in [-0.2, 0) is 20.0 Å². The van der Waals surface area contributed by atoms with Crippen LogP contribution in [0.4, 0.5) is 5.82 Å². The highest BCUT2D eigenvalue weighted by Crippen LogP contribution is 2.36. The van der Waals surface area contributed by atoms with Gasteiger partial charge in [0.05, 0.1) is 17.2 Å². The average Bonchev–Trinajstić information content (AvgIpc) is 2.65. The number of aromatic nitrogens is 2.